The van der Waals surface area contributed by atoms with Crippen molar-refractivity contribution in [3.8, 4) is 11.1 Å². The van der Waals surface area contributed by atoms with E-state index in [-0.39, 0.29) is 5.82 Å². The maximum atomic E-state index is 14.1. The van der Waals surface area contributed by atoms with E-state index in [1.165, 1.54) is 0 Å². The van der Waals surface area contributed by atoms with Crippen molar-refractivity contribution >= 4 is 0 Å². The van der Waals surface area contributed by atoms with Gasteiger partial charge in [-0.3, -0.25) is 4.68 Å². The molecule has 1 N–H and O–H groups in total. The van der Waals surface area contributed by atoms with E-state index in [1.54, 1.807) is 10.7 Å². The Labute approximate surface area is 119 Å². The summed E-state index contributed by atoms with van der Waals surface area (Å²) in [7, 11) is 1.89. The summed E-state index contributed by atoms with van der Waals surface area (Å²) in [6.45, 7) is 5.64. The molecule has 4 heteroatoms. The summed E-state index contributed by atoms with van der Waals surface area (Å²) in [5.74, 6) is -0.156. The lowest BCUT2D eigenvalue weighted by molar-refractivity contribution is 0.587. The lowest BCUT2D eigenvalue weighted by Gasteiger charge is -2.07. The Kier molecular flexibility index (Phi) is 4.90. The predicted molar refractivity (Wildman–Crippen MR) is 80.0 cm³/mol. The van der Waals surface area contributed by atoms with Crippen LogP contribution in [0.25, 0.3) is 11.1 Å². The zero-order valence-electron chi connectivity index (χ0n) is 12.4. The van der Waals surface area contributed by atoms with Crippen LogP contribution in [0, 0.1) is 5.82 Å². The van der Waals surface area contributed by atoms with E-state index in [9.17, 15) is 4.39 Å². The van der Waals surface area contributed by atoms with Crippen LogP contribution in [0.1, 0.15) is 31.5 Å². The van der Waals surface area contributed by atoms with Crippen LogP contribution in [0.2, 0.25) is 0 Å². The topological polar surface area (TPSA) is 29.9 Å². The summed E-state index contributed by atoms with van der Waals surface area (Å²) in [6.07, 6.45) is 3.84. The summed E-state index contributed by atoms with van der Waals surface area (Å²) < 4.78 is 15.9. The number of rotatable bonds is 6. The Bertz CT molecular complexity index is 575. The molecule has 2 rings (SSSR count). The highest BCUT2D eigenvalue weighted by molar-refractivity contribution is 5.65. The fourth-order valence-electron chi connectivity index (χ4n) is 2.29. The van der Waals surface area contributed by atoms with Gasteiger partial charge in [0, 0.05) is 30.9 Å². The molecule has 0 aliphatic rings. The molecule has 0 fully saturated rings. The molecule has 0 saturated carbocycles. The van der Waals surface area contributed by atoms with Crippen LogP contribution >= 0.6 is 0 Å². The number of aryl methyl sites for hydroxylation is 2. The highest BCUT2D eigenvalue weighted by Crippen LogP contribution is 2.25. The molecule has 0 amide bonds. The summed E-state index contributed by atoms with van der Waals surface area (Å²) in [5.41, 5.74) is 3.63. The first kappa shape index (κ1) is 14.7. The van der Waals surface area contributed by atoms with Crippen LogP contribution < -0.4 is 5.32 Å². The van der Waals surface area contributed by atoms with Gasteiger partial charge < -0.3 is 5.32 Å². The zero-order valence-corrected chi connectivity index (χ0v) is 12.4. The Morgan fingerprint density at radius 3 is 2.75 bits per heavy atom. The van der Waals surface area contributed by atoms with E-state index in [0.29, 0.717) is 12.1 Å². The number of hydrogen-bond acceptors (Lipinski definition) is 2. The Hall–Kier alpha value is -1.68. The monoisotopic (exact) mass is 275 g/mol. The molecular formula is C16H22FN3. The lowest BCUT2D eigenvalue weighted by atomic mass is 10.0. The Morgan fingerprint density at radius 1 is 1.30 bits per heavy atom. The molecule has 20 heavy (non-hydrogen) atoms. The smallest absolute Gasteiger partial charge is 0.128 e. The van der Waals surface area contributed by atoms with Crippen LogP contribution in [0.5, 0.6) is 0 Å². The standard InChI is InChI=1S/C16H22FN3/c1-4-8-18-10-13-7-6-12(9-15(13)17)14-11-20(3)19-16(14)5-2/h6-7,9,11,18H,4-5,8,10H2,1-3H3. The van der Waals surface area contributed by atoms with Gasteiger partial charge in [0.25, 0.3) is 0 Å². The van der Waals surface area contributed by atoms with Gasteiger partial charge in [-0.1, -0.05) is 26.0 Å². The molecule has 1 aromatic carbocycles. The number of nitrogens with one attached hydrogen (secondary N) is 1. The number of hydrogen-bond donors (Lipinski definition) is 1. The molecular weight excluding hydrogens is 253 g/mol. The van der Waals surface area contributed by atoms with E-state index in [0.717, 1.165) is 36.2 Å². The second-order valence-electron chi connectivity index (χ2n) is 5.00. The molecule has 0 bridgehead atoms. The van der Waals surface area contributed by atoms with Crippen molar-refractivity contribution in [2.75, 3.05) is 6.54 Å². The van der Waals surface area contributed by atoms with Gasteiger partial charge in [0.2, 0.25) is 0 Å². The van der Waals surface area contributed by atoms with Crippen LogP contribution in [-0.2, 0) is 20.0 Å². The molecule has 1 heterocycles. The zero-order chi connectivity index (χ0) is 14.5. The van der Waals surface area contributed by atoms with Gasteiger partial charge in [-0.2, -0.15) is 5.10 Å². The Morgan fingerprint density at radius 2 is 2.10 bits per heavy atom. The number of nitrogens with zero attached hydrogens (tertiary/aromatic N) is 2. The third-order valence-electron chi connectivity index (χ3n) is 3.35. The first-order chi connectivity index (χ1) is 9.65. The average molecular weight is 275 g/mol. The van der Waals surface area contributed by atoms with Crippen LogP contribution in [0.4, 0.5) is 4.39 Å². The summed E-state index contributed by atoms with van der Waals surface area (Å²) in [6, 6.07) is 5.45. The van der Waals surface area contributed by atoms with Crippen molar-refractivity contribution in [1.82, 2.24) is 15.1 Å². The van der Waals surface area contributed by atoms with Crippen molar-refractivity contribution in [2.45, 2.75) is 33.2 Å². The van der Waals surface area contributed by atoms with Crippen molar-refractivity contribution < 1.29 is 4.39 Å². The third kappa shape index (κ3) is 3.25. The number of benzene rings is 1. The van der Waals surface area contributed by atoms with Gasteiger partial charge in [0.15, 0.2) is 0 Å². The third-order valence-corrected chi connectivity index (χ3v) is 3.35. The fourth-order valence-corrected chi connectivity index (χ4v) is 2.29. The molecule has 1 aromatic heterocycles. The normalized spacial score (nSPS) is 11.0. The van der Waals surface area contributed by atoms with Crippen molar-refractivity contribution in [1.29, 1.82) is 0 Å². The molecule has 0 saturated heterocycles. The summed E-state index contributed by atoms with van der Waals surface area (Å²) >= 11 is 0. The molecule has 3 nitrogen and oxygen atoms in total. The maximum absolute atomic E-state index is 14.1. The summed E-state index contributed by atoms with van der Waals surface area (Å²) in [4.78, 5) is 0. The van der Waals surface area contributed by atoms with Crippen molar-refractivity contribution in [2.24, 2.45) is 7.05 Å². The molecule has 0 aliphatic heterocycles. The molecule has 0 unspecified atom stereocenters. The van der Waals surface area contributed by atoms with Gasteiger partial charge in [-0.05, 0) is 31.0 Å². The minimum Gasteiger partial charge on any atom is -0.313 e. The quantitative estimate of drug-likeness (QED) is 0.820. The summed E-state index contributed by atoms with van der Waals surface area (Å²) in [5, 5.41) is 7.62. The largest absolute Gasteiger partial charge is 0.313 e. The van der Waals surface area contributed by atoms with Gasteiger partial charge in [-0.15, -0.1) is 0 Å². The first-order valence-corrected chi connectivity index (χ1v) is 7.17. The molecule has 0 atom stereocenters. The van der Waals surface area contributed by atoms with Gasteiger partial charge >= 0.3 is 0 Å². The first-order valence-electron chi connectivity index (χ1n) is 7.17. The predicted octanol–water partition coefficient (Wildman–Crippen LogP) is 3.29. The van der Waals surface area contributed by atoms with Crippen LogP contribution in [0.3, 0.4) is 0 Å². The maximum Gasteiger partial charge on any atom is 0.128 e. The minimum absolute atomic E-state index is 0.156. The fraction of sp³-hybridized carbons (Fsp3) is 0.438. The lowest BCUT2D eigenvalue weighted by Crippen LogP contribution is -2.14. The van der Waals surface area contributed by atoms with Crippen molar-refractivity contribution in [3.05, 3.63) is 41.5 Å². The SMILES string of the molecule is CCCNCc1ccc(-c2cn(C)nc2CC)cc1F. The van der Waals surface area contributed by atoms with E-state index >= 15 is 0 Å². The van der Waals surface area contributed by atoms with E-state index < -0.39 is 0 Å². The van der Waals surface area contributed by atoms with Crippen molar-refractivity contribution in [3.63, 3.8) is 0 Å². The average Bonchev–Trinajstić information content (AvgIpc) is 2.82. The van der Waals surface area contributed by atoms with Gasteiger partial charge in [0.05, 0.1) is 5.69 Å². The van der Waals surface area contributed by atoms with Gasteiger partial charge in [-0.25, -0.2) is 4.39 Å². The molecule has 2 aromatic rings. The Balaban J connectivity index is 2.23. The second kappa shape index (κ2) is 6.66. The molecule has 0 spiro atoms. The molecule has 0 aliphatic carbocycles. The molecule has 108 valence electrons. The van der Waals surface area contributed by atoms with E-state index in [1.807, 2.05) is 25.4 Å². The number of halogens is 1. The minimum atomic E-state index is -0.156. The number of aromatic nitrogens is 2. The van der Waals surface area contributed by atoms with Gasteiger partial charge in [0.1, 0.15) is 5.82 Å². The molecule has 0 radical (unpaired) electrons. The van der Waals surface area contributed by atoms with E-state index in [2.05, 4.69) is 24.3 Å². The van der Waals surface area contributed by atoms with Crippen LogP contribution in [0.15, 0.2) is 24.4 Å². The highest BCUT2D eigenvalue weighted by Gasteiger charge is 2.10. The highest BCUT2D eigenvalue weighted by atomic mass is 19.1. The van der Waals surface area contributed by atoms with E-state index in [4.69, 9.17) is 0 Å². The second-order valence-corrected chi connectivity index (χ2v) is 5.00. The van der Waals surface area contributed by atoms with Crippen LogP contribution in [-0.4, -0.2) is 16.3 Å².